The fraction of sp³-hybridized carbons (Fsp3) is 0.0769. The van der Waals surface area contributed by atoms with Crippen LogP contribution in [0.2, 0.25) is 0 Å². The van der Waals surface area contributed by atoms with Gasteiger partial charge in [0.25, 0.3) is 0 Å². The van der Waals surface area contributed by atoms with Crippen LogP contribution in [0.3, 0.4) is 0 Å². The van der Waals surface area contributed by atoms with Crippen molar-refractivity contribution in [1.82, 2.24) is 0 Å². The van der Waals surface area contributed by atoms with E-state index in [4.69, 9.17) is 5.11 Å². The molecule has 0 aliphatic carbocycles. The zero-order valence-electron chi connectivity index (χ0n) is 8.27. The third kappa shape index (κ3) is 2.94. The van der Waals surface area contributed by atoms with Crippen molar-refractivity contribution in [2.75, 3.05) is 0 Å². The molecule has 1 N–H and O–H groups in total. The smallest absolute Gasteiger partial charge is 0.0794 e. The van der Waals surface area contributed by atoms with E-state index in [9.17, 15) is 0 Å². The van der Waals surface area contributed by atoms with Gasteiger partial charge in [-0.1, -0.05) is 43.0 Å². The first kappa shape index (κ1) is 10.3. The van der Waals surface area contributed by atoms with E-state index in [1.54, 1.807) is 6.08 Å². The molecule has 0 amide bonds. The van der Waals surface area contributed by atoms with Crippen LogP contribution < -0.4 is 0 Å². The summed E-state index contributed by atoms with van der Waals surface area (Å²) in [6.07, 6.45) is 4.60. The van der Waals surface area contributed by atoms with Crippen molar-refractivity contribution in [3.8, 4) is 0 Å². The van der Waals surface area contributed by atoms with E-state index < -0.39 is 0 Å². The van der Waals surface area contributed by atoms with Crippen LogP contribution >= 0.6 is 0 Å². The predicted octanol–water partition coefficient (Wildman–Crippen LogP) is 3.72. The zero-order chi connectivity index (χ0) is 10.4. The molecule has 0 radical (unpaired) electrons. The van der Waals surface area contributed by atoms with Gasteiger partial charge in [-0.05, 0) is 29.7 Å². The minimum atomic E-state index is 0.946. The maximum absolute atomic E-state index is 8.57. The van der Waals surface area contributed by atoms with E-state index >= 15 is 0 Å². The first-order valence-corrected chi connectivity index (χ1v) is 4.47. The van der Waals surface area contributed by atoms with Crippen molar-refractivity contribution >= 4 is 5.57 Å². The second-order valence-electron chi connectivity index (χ2n) is 3.10. The summed E-state index contributed by atoms with van der Waals surface area (Å²) in [5.41, 5.74) is 3.01. The standard InChI is InChI=1S/C13H14O/c1-11(8-9-14)10-12(2)13-6-4-3-5-7-13/h3-10,14H,2H2,1H3/b9-8-,11-10-. The Morgan fingerprint density at radius 2 is 1.93 bits per heavy atom. The molecule has 0 saturated carbocycles. The van der Waals surface area contributed by atoms with Crippen LogP contribution in [0.5, 0.6) is 0 Å². The fourth-order valence-electron chi connectivity index (χ4n) is 1.18. The SMILES string of the molecule is C=C(/C=C(C)\C=C/O)c1ccccc1. The Labute approximate surface area is 84.7 Å². The van der Waals surface area contributed by atoms with Crippen LogP contribution in [0.25, 0.3) is 5.57 Å². The molecule has 1 rings (SSSR count). The summed E-state index contributed by atoms with van der Waals surface area (Å²) in [6, 6.07) is 9.95. The van der Waals surface area contributed by atoms with Gasteiger partial charge in [-0.25, -0.2) is 0 Å². The first-order chi connectivity index (χ1) is 6.74. The van der Waals surface area contributed by atoms with Gasteiger partial charge >= 0.3 is 0 Å². The van der Waals surface area contributed by atoms with Gasteiger partial charge in [0.15, 0.2) is 0 Å². The number of rotatable bonds is 3. The topological polar surface area (TPSA) is 20.2 Å². The second-order valence-corrected chi connectivity index (χ2v) is 3.10. The summed E-state index contributed by atoms with van der Waals surface area (Å²) in [6.45, 7) is 5.87. The molecule has 1 heteroatoms. The summed E-state index contributed by atoms with van der Waals surface area (Å²) >= 11 is 0. The van der Waals surface area contributed by atoms with Gasteiger partial charge in [-0.15, -0.1) is 0 Å². The van der Waals surface area contributed by atoms with Gasteiger partial charge in [0, 0.05) is 0 Å². The largest absolute Gasteiger partial charge is 0.516 e. The average molecular weight is 186 g/mol. The van der Waals surface area contributed by atoms with Crippen molar-refractivity contribution in [3.05, 3.63) is 66.5 Å². The van der Waals surface area contributed by atoms with Crippen LogP contribution in [0.1, 0.15) is 12.5 Å². The van der Waals surface area contributed by atoms with E-state index in [-0.39, 0.29) is 0 Å². The first-order valence-electron chi connectivity index (χ1n) is 4.47. The highest BCUT2D eigenvalue weighted by Crippen LogP contribution is 2.14. The Morgan fingerprint density at radius 1 is 1.29 bits per heavy atom. The summed E-state index contributed by atoms with van der Waals surface area (Å²) in [5.74, 6) is 0. The highest BCUT2D eigenvalue weighted by Gasteiger charge is 1.93. The molecule has 0 spiro atoms. The molecule has 1 aromatic rings. The van der Waals surface area contributed by atoms with E-state index in [1.165, 1.54) is 0 Å². The van der Waals surface area contributed by atoms with Gasteiger partial charge in [0.2, 0.25) is 0 Å². The molecular weight excluding hydrogens is 172 g/mol. The Kier molecular flexibility index (Phi) is 3.74. The van der Waals surface area contributed by atoms with Gasteiger partial charge < -0.3 is 5.11 Å². The van der Waals surface area contributed by atoms with Crippen LogP contribution in [0, 0.1) is 0 Å². The Balaban J connectivity index is 2.83. The predicted molar refractivity (Wildman–Crippen MR) is 61.0 cm³/mol. The molecule has 0 unspecified atom stereocenters. The highest BCUT2D eigenvalue weighted by atomic mass is 16.2. The summed E-state index contributed by atoms with van der Waals surface area (Å²) in [5, 5.41) is 8.57. The Bertz CT molecular complexity index is 358. The zero-order valence-corrected chi connectivity index (χ0v) is 8.27. The Hall–Kier alpha value is -1.76. The molecule has 0 aromatic heterocycles. The molecule has 0 fully saturated rings. The van der Waals surface area contributed by atoms with Crippen molar-refractivity contribution in [2.45, 2.75) is 6.92 Å². The molecule has 0 heterocycles. The lowest BCUT2D eigenvalue weighted by molar-refractivity contribution is 0.473. The van der Waals surface area contributed by atoms with E-state index in [0.717, 1.165) is 23.0 Å². The maximum atomic E-state index is 8.57. The summed E-state index contributed by atoms with van der Waals surface area (Å²) in [7, 11) is 0. The van der Waals surface area contributed by atoms with Crippen molar-refractivity contribution in [1.29, 1.82) is 0 Å². The van der Waals surface area contributed by atoms with Crippen LogP contribution in [0.4, 0.5) is 0 Å². The second kappa shape index (κ2) is 5.07. The van der Waals surface area contributed by atoms with Crippen molar-refractivity contribution in [3.63, 3.8) is 0 Å². The summed E-state index contributed by atoms with van der Waals surface area (Å²) in [4.78, 5) is 0. The van der Waals surface area contributed by atoms with E-state index in [1.807, 2.05) is 43.3 Å². The molecule has 0 bridgehead atoms. The summed E-state index contributed by atoms with van der Waals surface area (Å²) < 4.78 is 0. The average Bonchev–Trinajstić information content (AvgIpc) is 2.19. The van der Waals surface area contributed by atoms with Crippen molar-refractivity contribution < 1.29 is 5.11 Å². The number of aliphatic hydroxyl groups excluding tert-OH is 1. The number of aliphatic hydroxyl groups is 1. The monoisotopic (exact) mass is 186 g/mol. The quantitative estimate of drug-likeness (QED) is 0.563. The number of hydrogen-bond acceptors (Lipinski definition) is 1. The number of allylic oxidation sites excluding steroid dienone is 4. The normalized spacial score (nSPS) is 11.9. The highest BCUT2D eigenvalue weighted by molar-refractivity contribution is 5.72. The third-order valence-electron chi connectivity index (χ3n) is 1.88. The third-order valence-corrected chi connectivity index (χ3v) is 1.88. The molecule has 0 aliphatic heterocycles. The van der Waals surface area contributed by atoms with Gasteiger partial charge in [0.1, 0.15) is 0 Å². The van der Waals surface area contributed by atoms with Gasteiger partial charge in [0.05, 0.1) is 6.26 Å². The molecule has 1 nitrogen and oxygen atoms in total. The minimum absolute atomic E-state index is 0.946. The van der Waals surface area contributed by atoms with Crippen LogP contribution in [-0.2, 0) is 0 Å². The van der Waals surface area contributed by atoms with Crippen LogP contribution in [0.15, 0.2) is 60.9 Å². The molecule has 72 valence electrons. The van der Waals surface area contributed by atoms with Gasteiger partial charge in [-0.3, -0.25) is 0 Å². The molecule has 0 atom stereocenters. The van der Waals surface area contributed by atoms with E-state index in [2.05, 4.69) is 6.58 Å². The van der Waals surface area contributed by atoms with Crippen LogP contribution in [-0.4, -0.2) is 5.11 Å². The lowest BCUT2D eigenvalue weighted by atomic mass is 10.1. The number of benzene rings is 1. The molecule has 1 aromatic carbocycles. The van der Waals surface area contributed by atoms with E-state index in [0.29, 0.717) is 0 Å². The number of hydrogen-bond donors (Lipinski definition) is 1. The molecule has 14 heavy (non-hydrogen) atoms. The Morgan fingerprint density at radius 3 is 2.50 bits per heavy atom. The molecular formula is C13H14O. The molecule has 0 aliphatic rings. The lowest BCUT2D eigenvalue weighted by Gasteiger charge is -2.00. The lowest BCUT2D eigenvalue weighted by Crippen LogP contribution is -1.78. The maximum Gasteiger partial charge on any atom is 0.0794 e. The fourth-order valence-corrected chi connectivity index (χ4v) is 1.18. The van der Waals surface area contributed by atoms with Gasteiger partial charge in [-0.2, -0.15) is 0 Å². The molecule has 0 saturated heterocycles. The minimum Gasteiger partial charge on any atom is -0.516 e. The van der Waals surface area contributed by atoms with Crippen molar-refractivity contribution in [2.24, 2.45) is 0 Å².